The van der Waals surface area contributed by atoms with Gasteiger partial charge in [0, 0.05) is 101 Å². The van der Waals surface area contributed by atoms with Gasteiger partial charge in [-0.3, -0.25) is 10.6 Å². The summed E-state index contributed by atoms with van der Waals surface area (Å²) in [6.45, 7) is 23.7. The fourth-order valence-corrected chi connectivity index (χ4v) is 12.8. The zero-order chi connectivity index (χ0) is 56.8. The monoisotopic (exact) mass is 1080 g/mol. The van der Waals surface area contributed by atoms with E-state index in [2.05, 4.69) is 34.5 Å². The number of nitrogens with zero attached hydrogens (tertiary/aromatic N) is 4. The molecule has 436 valence electrons. The Morgan fingerprint density at radius 3 is 2.26 bits per heavy atom. The van der Waals surface area contributed by atoms with Gasteiger partial charge in [-0.25, -0.2) is 18.2 Å². The number of methoxy groups -OCH3 is 2. The summed E-state index contributed by atoms with van der Waals surface area (Å²) >= 11 is 0. The normalized spacial score (nSPS) is 37.2. The van der Waals surface area contributed by atoms with Crippen LogP contribution in [0.2, 0.25) is 0 Å². The molecule has 4 heterocycles. The molecule has 2 unspecified atom stereocenters. The molecular weight excluding hydrogens is 986 g/mol. The number of anilines is 1. The van der Waals surface area contributed by atoms with Crippen LogP contribution in [-0.2, 0) is 33.2 Å². The van der Waals surface area contributed by atoms with Crippen molar-refractivity contribution in [1.29, 1.82) is 0 Å². The van der Waals surface area contributed by atoms with Crippen molar-refractivity contribution < 1.29 is 67.5 Å². The number of hydrogen-bond donors (Lipinski definition) is 5. The van der Waals surface area contributed by atoms with E-state index in [9.17, 15) is 33.3 Å². The van der Waals surface area contributed by atoms with Gasteiger partial charge in [-0.05, 0) is 84.2 Å². The smallest absolute Gasteiger partial charge is 0.309 e. The Balaban J connectivity index is 1.40. The maximum Gasteiger partial charge on any atom is 0.309 e. The molecule has 4 aliphatic rings. The minimum absolute atomic E-state index is 0.0777. The van der Waals surface area contributed by atoms with E-state index in [-0.39, 0.29) is 43.9 Å². The summed E-state index contributed by atoms with van der Waals surface area (Å²) in [5.74, 6) is -0.592. The van der Waals surface area contributed by atoms with Gasteiger partial charge >= 0.3 is 5.97 Å². The van der Waals surface area contributed by atoms with Crippen LogP contribution in [0.25, 0.3) is 0 Å². The third kappa shape index (κ3) is 15.2. The lowest BCUT2D eigenvalue weighted by Crippen LogP contribution is -2.64. The molecule has 0 spiro atoms. The van der Waals surface area contributed by atoms with Crippen molar-refractivity contribution in [2.45, 2.75) is 198 Å². The molecule has 5 rings (SSSR count). The zero-order valence-electron chi connectivity index (χ0n) is 48.6. The van der Waals surface area contributed by atoms with Crippen LogP contribution in [0.3, 0.4) is 0 Å². The molecular formula is C57H98F3N6O10+. The molecule has 1 aromatic rings. The number of likely N-dealkylation sites (N-methyl/N-ethyl adjacent to an activating group) is 1. The minimum Gasteiger partial charge on any atom is -0.470 e. The van der Waals surface area contributed by atoms with E-state index in [0.717, 1.165) is 5.70 Å². The van der Waals surface area contributed by atoms with Gasteiger partial charge in [0.15, 0.2) is 0 Å². The molecule has 0 aromatic heterocycles. The van der Waals surface area contributed by atoms with Crippen LogP contribution >= 0.6 is 0 Å². The maximum atomic E-state index is 14.8. The average Bonchev–Trinajstić information content (AvgIpc) is 3.73. The highest BCUT2D eigenvalue weighted by molar-refractivity contribution is 5.73. The van der Waals surface area contributed by atoms with Gasteiger partial charge in [-0.1, -0.05) is 60.3 Å². The molecule has 0 bridgehead atoms. The standard InChI is InChI=1S/C57H97F3N6O10/c1-17-46-54(8,9)50(67)38(6)64(13)32-34(2)28-55(10,70)52(36(4)48(37(5)53(69)75-46)45-29-56(11,72-16)51(68)39(7)74-45)76-47-27-43(26-35(3)73-47)63(12)24-22-42(65(14)61)31-62-44(30-58)49(71-15)40-18-20-41(21-19-40)66-25-23-57(59,60)33-66/h18-21,31,34,36-39,43-52,62,67-68,70H,3,17,22-30,32-33,61H2,1-2,4-16H3/p+1/b42-31-/t34-,36+,37-,38-,39+,43?,44-,45?,46-,47+,48+,49-,50-,51+,52-,55-,56-/m1/s1. The average molecular weight is 1080 g/mol. The number of cyclic esters (lactones) is 1. The summed E-state index contributed by atoms with van der Waals surface area (Å²) in [6, 6.07) is 5.96. The number of aliphatic hydroxyl groups is 3. The van der Waals surface area contributed by atoms with Gasteiger partial charge in [-0.15, -0.1) is 0 Å². The van der Waals surface area contributed by atoms with Crippen LogP contribution in [0.5, 0.6) is 0 Å². The molecule has 16 nitrogen and oxygen atoms in total. The van der Waals surface area contributed by atoms with Crippen molar-refractivity contribution in [2.75, 3.05) is 73.1 Å². The third-order valence-corrected chi connectivity index (χ3v) is 17.7. The molecule has 19 heteroatoms. The maximum absolute atomic E-state index is 14.8. The molecule has 0 amide bonds. The summed E-state index contributed by atoms with van der Waals surface area (Å²) in [5, 5.41) is 41.3. The second-order valence-electron chi connectivity index (χ2n) is 24.2. The topological polar surface area (TPSA) is 186 Å². The number of halogens is 3. The van der Waals surface area contributed by atoms with Gasteiger partial charge in [0.1, 0.15) is 25.0 Å². The molecule has 0 saturated carbocycles. The minimum atomic E-state index is -2.72. The first-order valence-electron chi connectivity index (χ1n) is 27.6. The first-order chi connectivity index (χ1) is 35.4. The van der Waals surface area contributed by atoms with Crippen molar-refractivity contribution in [2.24, 2.45) is 29.1 Å². The predicted octanol–water partition coefficient (Wildman–Crippen LogP) is 6.46. The first-order valence-corrected chi connectivity index (χ1v) is 27.6. The van der Waals surface area contributed by atoms with Crippen molar-refractivity contribution in [3.8, 4) is 0 Å². The Morgan fingerprint density at radius 2 is 1.70 bits per heavy atom. The number of rotatable bonds is 17. The quantitative estimate of drug-likeness (QED) is 0.0846. The molecule has 4 saturated heterocycles. The lowest BCUT2D eigenvalue weighted by atomic mass is 9.68. The van der Waals surface area contributed by atoms with E-state index in [0.29, 0.717) is 62.2 Å². The highest BCUT2D eigenvalue weighted by Crippen LogP contribution is 2.46. The van der Waals surface area contributed by atoms with Crippen molar-refractivity contribution in [3.63, 3.8) is 0 Å². The van der Waals surface area contributed by atoms with Gasteiger partial charge in [0.25, 0.3) is 5.92 Å². The van der Waals surface area contributed by atoms with E-state index in [4.69, 9.17) is 28.4 Å². The summed E-state index contributed by atoms with van der Waals surface area (Å²) in [4.78, 5) is 20.7. The predicted molar refractivity (Wildman–Crippen MR) is 287 cm³/mol. The number of quaternary nitrogens is 1. The first kappa shape index (κ1) is 63.6. The van der Waals surface area contributed by atoms with Gasteiger partial charge in [0.2, 0.25) is 6.29 Å². The number of carbonyl (C=O) groups excluding carboxylic acids is 1. The van der Waals surface area contributed by atoms with Crippen molar-refractivity contribution in [1.82, 2.24) is 20.1 Å². The van der Waals surface area contributed by atoms with Crippen LogP contribution in [0.15, 0.2) is 48.5 Å². The van der Waals surface area contributed by atoms with E-state index in [1.165, 1.54) is 7.11 Å². The number of aliphatic hydroxyl groups excluding tert-OH is 2. The lowest BCUT2D eigenvalue weighted by Gasteiger charge is -2.51. The largest absolute Gasteiger partial charge is 0.470 e. The van der Waals surface area contributed by atoms with Crippen LogP contribution in [0.4, 0.5) is 18.9 Å². The fraction of sp³-hybridized carbons (Fsp3) is 0.807. The van der Waals surface area contributed by atoms with Crippen LogP contribution in [-0.4, -0.2) is 182 Å². The van der Waals surface area contributed by atoms with Gasteiger partial charge < -0.3 is 63.8 Å². The summed E-state index contributed by atoms with van der Waals surface area (Å²) in [6.07, 6.45) is -2.11. The molecule has 1 aromatic carbocycles. The van der Waals surface area contributed by atoms with E-state index in [1.54, 1.807) is 61.3 Å². The SMILES string of the molecule is C=C1CC(N(C)CC/C(=C/N[C@H](CF)[C@H](OC)c2ccc(N3CCC(F)(F)C3)cc2)N(C)[NH3+])C[C@H](O[C@@H]2[C@@H](C)[C@H](C3C[C@@](C)(OC)[C@@H](O)[C@H](C)O3)[C@@H](C)C(=O)O[C@H](CC)C(C)(C)[C@H](O)[C@@H](C)N(C)C[C@H](C)C[C@@]2(C)O)O1. The number of nitrogens with one attached hydrogen (secondary N) is 1. The summed E-state index contributed by atoms with van der Waals surface area (Å²) < 4.78 is 81.2. The molecule has 17 atom stereocenters. The lowest BCUT2D eigenvalue weighted by molar-refractivity contribution is -0.553. The highest BCUT2D eigenvalue weighted by Gasteiger charge is 2.54. The molecule has 0 radical (unpaired) electrons. The molecule has 4 fully saturated rings. The number of carbonyl (C=O) groups is 1. The number of hydrogen-bond acceptors (Lipinski definition) is 15. The van der Waals surface area contributed by atoms with E-state index in [1.807, 2.05) is 69.6 Å². The molecule has 0 aliphatic carbocycles. The molecule has 4 aliphatic heterocycles. The second kappa shape index (κ2) is 26.4. The van der Waals surface area contributed by atoms with Crippen molar-refractivity contribution >= 4 is 11.7 Å². The highest BCUT2D eigenvalue weighted by atomic mass is 19.3. The van der Waals surface area contributed by atoms with Crippen molar-refractivity contribution in [3.05, 3.63) is 54.1 Å². The number of esters is 1. The third-order valence-electron chi connectivity index (χ3n) is 17.7. The second-order valence-corrected chi connectivity index (χ2v) is 24.2. The zero-order valence-corrected chi connectivity index (χ0v) is 48.6. The number of ether oxygens (including phenoxy) is 6. The van der Waals surface area contributed by atoms with E-state index < -0.39 is 108 Å². The van der Waals surface area contributed by atoms with Crippen LogP contribution in [0.1, 0.15) is 126 Å². The molecule has 76 heavy (non-hydrogen) atoms. The van der Waals surface area contributed by atoms with E-state index >= 15 is 0 Å². The number of alkyl halides is 3. The Hall–Kier alpha value is -3.24. The Kier molecular flexibility index (Phi) is 22.1. The Morgan fingerprint density at radius 1 is 1.04 bits per heavy atom. The Labute approximate surface area is 452 Å². The van der Waals surface area contributed by atoms with Crippen LogP contribution < -0.4 is 16.1 Å². The van der Waals surface area contributed by atoms with Gasteiger partial charge in [0.05, 0.1) is 72.6 Å². The number of benzene rings is 1. The Bertz CT molecular complexity index is 2050. The molecule has 7 N–H and O–H groups in total. The summed E-state index contributed by atoms with van der Waals surface area (Å²) in [5.41, 5.74) is -1.14. The van der Waals surface area contributed by atoms with Gasteiger partial charge in [-0.2, -0.15) is 0 Å². The fourth-order valence-electron chi connectivity index (χ4n) is 12.8. The summed E-state index contributed by atoms with van der Waals surface area (Å²) in [7, 11) is 8.88. The van der Waals surface area contributed by atoms with Crippen LogP contribution in [0, 0.1) is 29.1 Å².